The lowest BCUT2D eigenvalue weighted by Crippen LogP contribution is -2.35. The number of hydrogen-bond donors (Lipinski definition) is 1. The number of aromatic nitrogens is 2. The van der Waals surface area contributed by atoms with Crippen molar-refractivity contribution in [1.29, 1.82) is 0 Å². The molecular formula is C16H17BrN4O. The predicted molar refractivity (Wildman–Crippen MR) is 89.2 cm³/mol. The molecule has 1 fully saturated rings. The average molecular weight is 361 g/mol. The van der Waals surface area contributed by atoms with Crippen molar-refractivity contribution in [2.24, 2.45) is 0 Å². The third-order valence-electron chi connectivity index (χ3n) is 3.66. The topological polar surface area (TPSA) is 58.1 Å². The number of anilines is 2. The number of hydrogen-bond acceptors (Lipinski definition) is 4. The van der Waals surface area contributed by atoms with Crippen LogP contribution in [0.2, 0.25) is 0 Å². The van der Waals surface area contributed by atoms with Crippen LogP contribution in [-0.4, -0.2) is 33.9 Å². The molecule has 1 saturated heterocycles. The smallest absolute Gasteiger partial charge is 0.256 e. The fourth-order valence-corrected chi connectivity index (χ4v) is 2.85. The third-order valence-corrected chi connectivity index (χ3v) is 4.35. The quantitative estimate of drug-likeness (QED) is 0.908. The van der Waals surface area contributed by atoms with Gasteiger partial charge in [-0.05, 0) is 47.3 Å². The molecule has 1 N–H and O–H groups in total. The van der Waals surface area contributed by atoms with E-state index in [0.29, 0.717) is 11.5 Å². The summed E-state index contributed by atoms with van der Waals surface area (Å²) in [5.41, 5.74) is 1.43. The first-order valence-electron chi connectivity index (χ1n) is 7.37. The molecule has 0 saturated carbocycles. The van der Waals surface area contributed by atoms with Gasteiger partial charge in [0, 0.05) is 30.0 Å². The highest BCUT2D eigenvalue weighted by Crippen LogP contribution is 2.23. The van der Waals surface area contributed by atoms with Crippen molar-refractivity contribution in [3.05, 3.63) is 46.7 Å². The number of halogens is 1. The largest absolute Gasteiger partial charge is 0.339 e. The van der Waals surface area contributed by atoms with Gasteiger partial charge >= 0.3 is 0 Å². The maximum absolute atomic E-state index is 12.3. The number of carbonyl (C=O) groups excluding carboxylic acids is 1. The highest BCUT2D eigenvalue weighted by molar-refractivity contribution is 9.10. The number of amides is 1. The van der Waals surface area contributed by atoms with Crippen LogP contribution in [-0.2, 0) is 0 Å². The molecule has 5 nitrogen and oxygen atoms in total. The second-order valence-electron chi connectivity index (χ2n) is 5.25. The third kappa shape index (κ3) is 3.44. The van der Waals surface area contributed by atoms with Crippen LogP contribution in [0.25, 0.3) is 0 Å². The number of carbonyl (C=O) groups is 1. The van der Waals surface area contributed by atoms with Gasteiger partial charge in [-0.3, -0.25) is 4.79 Å². The molecule has 22 heavy (non-hydrogen) atoms. The fraction of sp³-hybridized carbons (Fsp3) is 0.312. The van der Waals surface area contributed by atoms with E-state index in [-0.39, 0.29) is 5.91 Å². The summed E-state index contributed by atoms with van der Waals surface area (Å²) in [4.78, 5) is 22.7. The molecule has 0 atom stereocenters. The Bertz CT molecular complexity index is 653. The molecule has 6 heteroatoms. The van der Waals surface area contributed by atoms with E-state index < -0.39 is 0 Å². The van der Waals surface area contributed by atoms with Crippen molar-refractivity contribution < 1.29 is 4.79 Å². The molecule has 2 aromatic rings. The van der Waals surface area contributed by atoms with Crippen LogP contribution < -0.4 is 5.32 Å². The van der Waals surface area contributed by atoms with Crippen molar-refractivity contribution in [2.45, 2.75) is 19.3 Å². The maximum Gasteiger partial charge on any atom is 0.256 e. The second kappa shape index (κ2) is 6.87. The summed E-state index contributed by atoms with van der Waals surface area (Å²) in [6, 6.07) is 7.74. The standard InChI is InChI=1S/C16H17BrN4O/c17-13-6-2-3-7-14(13)20-16-18-10-12(11-19-16)15(22)21-8-4-1-5-9-21/h2-3,6-7,10-11H,1,4-5,8-9H2,(H,18,19,20). The van der Waals surface area contributed by atoms with Gasteiger partial charge in [0.25, 0.3) is 5.91 Å². The first-order chi connectivity index (χ1) is 10.7. The zero-order valence-electron chi connectivity index (χ0n) is 12.1. The Morgan fingerprint density at radius 3 is 2.45 bits per heavy atom. The molecule has 0 unspecified atom stereocenters. The molecule has 2 heterocycles. The van der Waals surface area contributed by atoms with Gasteiger partial charge in [-0.1, -0.05) is 12.1 Å². The van der Waals surface area contributed by atoms with E-state index in [2.05, 4.69) is 31.2 Å². The monoisotopic (exact) mass is 360 g/mol. The highest BCUT2D eigenvalue weighted by Gasteiger charge is 2.18. The summed E-state index contributed by atoms with van der Waals surface area (Å²) >= 11 is 3.46. The average Bonchev–Trinajstić information content (AvgIpc) is 2.58. The molecule has 3 rings (SSSR count). The zero-order chi connectivity index (χ0) is 15.4. The molecule has 1 amide bonds. The van der Waals surface area contributed by atoms with Gasteiger partial charge < -0.3 is 10.2 Å². The molecule has 0 radical (unpaired) electrons. The summed E-state index contributed by atoms with van der Waals surface area (Å²) in [5.74, 6) is 0.495. The van der Waals surface area contributed by atoms with E-state index >= 15 is 0 Å². The maximum atomic E-state index is 12.3. The molecular weight excluding hydrogens is 344 g/mol. The Kier molecular flexibility index (Phi) is 4.68. The number of likely N-dealkylation sites (tertiary alicyclic amines) is 1. The van der Waals surface area contributed by atoms with Crippen LogP contribution in [0.15, 0.2) is 41.1 Å². The minimum Gasteiger partial charge on any atom is -0.339 e. The second-order valence-corrected chi connectivity index (χ2v) is 6.11. The van der Waals surface area contributed by atoms with Crippen LogP contribution in [0.1, 0.15) is 29.6 Å². The van der Waals surface area contributed by atoms with Gasteiger partial charge in [0.2, 0.25) is 5.95 Å². The van der Waals surface area contributed by atoms with Crippen molar-refractivity contribution >= 4 is 33.5 Å². The molecule has 1 aromatic heterocycles. The van der Waals surface area contributed by atoms with Crippen molar-refractivity contribution in [1.82, 2.24) is 14.9 Å². The Morgan fingerprint density at radius 1 is 1.09 bits per heavy atom. The Morgan fingerprint density at radius 2 is 1.77 bits per heavy atom. The highest BCUT2D eigenvalue weighted by atomic mass is 79.9. The lowest BCUT2D eigenvalue weighted by Gasteiger charge is -2.26. The Labute approximate surface area is 137 Å². The van der Waals surface area contributed by atoms with Gasteiger partial charge in [0.1, 0.15) is 0 Å². The van der Waals surface area contributed by atoms with Gasteiger partial charge in [0.05, 0.1) is 11.3 Å². The number of rotatable bonds is 3. The van der Waals surface area contributed by atoms with Crippen LogP contribution in [0, 0.1) is 0 Å². The molecule has 0 bridgehead atoms. The lowest BCUT2D eigenvalue weighted by molar-refractivity contribution is 0.0723. The van der Waals surface area contributed by atoms with Crippen LogP contribution in [0.5, 0.6) is 0 Å². The number of nitrogens with one attached hydrogen (secondary N) is 1. The van der Waals surface area contributed by atoms with Crippen molar-refractivity contribution in [3.63, 3.8) is 0 Å². The molecule has 1 aromatic carbocycles. The van der Waals surface area contributed by atoms with E-state index in [4.69, 9.17) is 0 Å². The first kappa shape index (κ1) is 15.0. The predicted octanol–water partition coefficient (Wildman–Crippen LogP) is 3.61. The summed E-state index contributed by atoms with van der Waals surface area (Å²) in [6.45, 7) is 1.66. The number of para-hydroxylation sites is 1. The molecule has 0 spiro atoms. The van der Waals surface area contributed by atoms with Crippen LogP contribution in [0.4, 0.5) is 11.6 Å². The summed E-state index contributed by atoms with van der Waals surface area (Å²) in [7, 11) is 0. The van der Waals surface area contributed by atoms with Gasteiger partial charge in [-0.2, -0.15) is 0 Å². The first-order valence-corrected chi connectivity index (χ1v) is 8.16. The number of benzene rings is 1. The summed E-state index contributed by atoms with van der Waals surface area (Å²) < 4.78 is 0.937. The van der Waals surface area contributed by atoms with E-state index in [0.717, 1.165) is 36.1 Å². The van der Waals surface area contributed by atoms with Gasteiger partial charge in [-0.15, -0.1) is 0 Å². The van der Waals surface area contributed by atoms with Crippen LogP contribution in [0.3, 0.4) is 0 Å². The van der Waals surface area contributed by atoms with Gasteiger partial charge in [-0.25, -0.2) is 9.97 Å². The minimum absolute atomic E-state index is 0.0205. The molecule has 1 aliphatic heterocycles. The van der Waals surface area contributed by atoms with Crippen molar-refractivity contribution in [2.75, 3.05) is 18.4 Å². The zero-order valence-corrected chi connectivity index (χ0v) is 13.7. The molecule has 0 aliphatic carbocycles. The lowest BCUT2D eigenvalue weighted by atomic mass is 10.1. The number of piperidine rings is 1. The molecule has 1 aliphatic rings. The normalized spacial score (nSPS) is 14.7. The van der Waals surface area contributed by atoms with Crippen molar-refractivity contribution in [3.8, 4) is 0 Å². The summed E-state index contributed by atoms with van der Waals surface area (Å²) in [5, 5.41) is 3.12. The Hall–Kier alpha value is -1.95. The van der Waals surface area contributed by atoms with E-state index in [1.807, 2.05) is 29.2 Å². The fourth-order valence-electron chi connectivity index (χ4n) is 2.47. The molecule has 114 valence electrons. The van der Waals surface area contributed by atoms with E-state index in [1.165, 1.54) is 6.42 Å². The Balaban J connectivity index is 1.70. The van der Waals surface area contributed by atoms with Gasteiger partial charge in [0.15, 0.2) is 0 Å². The minimum atomic E-state index is 0.0205. The number of nitrogens with zero attached hydrogens (tertiary/aromatic N) is 3. The van der Waals surface area contributed by atoms with E-state index in [1.54, 1.807) is 12.4 Å². The van der Waals surface area contributed by atoms with E-state index in [9.17, 15) is 4.79 Å². The SMILES string of the molecule is O=C(c1cnc(Nc2ccccc2Br)nc1)N1CCCCC1. The summed E-state index contributed by atoms with van der Waals surface area (Å²) in [6.07, 6.45) is 6.53. The van der Waals surface area contributed by atoms with Crippen LogP contribution >= 0.6 is 15.9 Å².